The number of imide groups is 2. The number of thiophene rings is 1. The van der Waals surface area contributed by atoms with Gasteiger partial charge in [-0.25, -0.2) is 0 Å². The van der Waals surface area contributed by atoms with Gasteiger partial charge in [-0.2, -0.15) is 0 Å². The number of halogens is 1. The Hall–Kier alpha value is -5.04. The molecular weight excluding hydrogens is 756 g/mol. The van der Waals surface area contributed by atoms with Crippen LogP contribution in [-0.2, 0) is 9.59 Å². The van der Waals surface area contributed by atoms with Crippen molar-refractivity contribution in [3.05, 3.63) is 106 Å². The number of amides is 4. The number of ether oxygens (including phenoxy) is 1. The van der Waals surface area contributed by atoms with Gasteiger partial charge in [0.25, 0.3) is 11.8 Å². The third kappa shape index (κ3) is 7.18. The van der Waals surface area contributed by atoms with Gasteiger partial charge in [-0.15, -0.1) is 11.3 Å². The van der Waals surface area contributed by atoms with Crippen LogP contribution in [0, 0.1) is 0 Å². The number of carbonyl (C=O) groups is 4. The summed E-state index contributed by atoms with van der Waals surface area (Å²) in [6, 6.07) is 26.1. The molecule has 0 bridgehead atoms. The number of anilines is 1. The summed E-state index contributed by atoms with van der Waals surface area (Å²) in [6.07, 6.45) is 3.29. The summed E-state index contributed by atoms with van der Waals surface area (Å²) in [5.74, 6) is 0.269. The molecule has 10 nitrogen and oxygen atoms in total. The monoisotopic (exact) mass is 792 g/mol. The zero-order valence-corrected chi connectivity index (χ0v) is 31.2. The summed E-state index contributed by atoms with van der Waals surface area (Å²) in [7, 11) is 0. The van der Waals surface area contributed by atoms with Crippen LogP contribution in [0.25, 0.3) is 20.5 Å². The molecule has 4 heterocycles. The van der Waals surface area contributed by atoms with Gasteiger partial charge >= 0.3 is 0 Å². The van der Waals surface area contributed by atoms with E-state index in [0.717, 1.165) is 86.0 Å². The molecule has 0 aliphatic carbocycles. The third-order valence-electron chi connectivity index (χ3n) is 10.3. The average Bonchev–Trinajstić information content (AvgIpc) is 3.63. The second-order valence-corrected chi connectivity index (χ2v) is 15.7. The van der Waals surface area contributed by atoms with Gasteiger partial charge in [0.1, 0.15) is 17.5 Å². The molecule has 2 saturated heterocycles. The summed E-state index contributed by atoms with van der Waals surface area (Å²) in [5.41, 5.74) is 3.67. The largest absolute Gasteiger partial charge is 0.508 e. The van der Waals surface area contributed by atoms with Gasteiger partial charge in [0.15, 0.2) is 5.75 Å². The number of aromatic hydroxyl groups is 1. The molecule has 53 heavy (non-hydrogen) atoms. The number of nitrogens with zero attached hydrogens (tertiary/aromatic N) is 2. The summed E-state index contributed by atoms with van der Waals surface area (Å²) in [4.78, 5) is 54.5. The van der Waals surface area contributed by atoms with E-state index in [4.69, 9.17) is 4.74 Å². The van der Waals surface area contributed by atoms with Gasteiger partial charge < -0.3 is 20.1 Å². The van der Waals surface area contributed by atoms with Gasteiger partial charge in [0.05, 0.1) is 16.0 Å². The number of carbonyl (C=O) groups excluding carboxylic acids is 4. The predicted octanol–water partition coefficient (Wildman–Crippen LogP) is 7.91. The molecule has 3 aliphatic heterocycles. The number of phenols is 1. The van der Waals surface area contributed by atoms with Gasteiger partial charge in [0.2, 0.25) is 11.8 Å². The number of hydrogen-bond acceptors (Lipinski definition) is 9. The van der Waals surface area contributed by atoms with Crippen LogP contribution in [-0.4, -0.2) is 70.8 Å². The molecule has 1 aromatic heterocycles. The molecule has 2 fully saturated rings. The summed E-state index contributed by atoms with van der Waals surface area (Å²) >= 11 is 5.13. The Morgan fingerprint density at radius 3 is 2.38 bits per heavy atom. The SMILES string of the molecule is O=C1CCC(N2C(=O)c3ccc(NCCCN4CCC(c5ccc(Oc6c(-c7ccc(Br)cc7)sc7cc(O)ccc67)cc5)CC4)cc3C2=O)C(=O)N1. The van der Waals surface area contributed by atoms with Crippen LogP contribution in [0.1, 0.15) is 64.3 Å². The highest BCUT2D eigenvalue weighted by Crippen LogP contribution is 2.47. The molecular formula is C41H37BrN4O6S. The van der Waals surface area contributed by atoms with Crippen LogP contribution >= 0.6 is 27.3 Å². The Kier molecular flexibility index (Phi) is 9.76. The van der Waals surface area contributed by atoms with Crippen molar-refractivity contribution in [2.75, 3.05) is 31.5 Å². The molecule has 5 aromatic rings. The fourth-order valence-corrected chi connectivity index (χ4v) is 8.92. The van der Waals surface area contributed by atoms with E-state index in [2.05, 4.69) is 67.9 Å². The number of phenolic OH excluding ortho intramolecular Hbond substituents is 1. The molecule has 3 aliphatic rings. The van der Waals surface area contributed by atoms with Gasteiger partial charge in [-0.1, -0.05) is 40.2 Å². The van der Waals surface area contributed by atoms with Gasteiger partial charge in [-0.3, -0.25) is 29.4 Å². The number of rotatable bonds is 10. The minimum Gasteiger partial charge on any atom is -0.508 e. The Labute approximate surface area is 318 Å². The zero-order chi connectivity index (χ0) is 36.6. The number of nitrogens with one attached hydrogen (secondary N) is 2. The highest BCUT2D eigenvalue weighted by atomic mass is 79.9. The molecule has 270 valence electrons. The lowest BCUT2D eigenvalue weighted by molar-refractivity contribution is -0.136. The van der Waals surface area contributed by atoms with Crippen molar-refractivity contribution in [1.82, 2.24) is 15.1 Å². The van der Waals surface area contributed by atoms with Crippen molar-refractivity contribution < 1.29 is 29.0 Å². The zero-order valence-electron chi connectivity index (χ0n) is 28.8. The molecule has 8 rings (SSSR count). The van der Waals surface area contributed by atoms with E-state index in [1.54, 1.807) is 41.7 Å². The molecule has 1 atom stereocenters. The van der Waals surface area contributed by atoms with E-state index in [1.807, 2.05) is 18.2 Å². The lowest BCUT2D eigenvalue weighted by Crippen LogP contribution is -2.54. The molecule has 0 saturated carbocycles. The molecule has 3 N–H and O–H groups in total. The molecule has 4 amide bonds. The predicted molar refractivity (Wildman–Crippen MR) is 208 cm³/mol. The van der Waals surface area contributed by atoms with Crippen LogP contribution in [0.15, 0.2) is 89.4 Å². The molecule has 1 unspecified atom stereocenters. The van der Waals surface area contributed by atoms with Crippen molar-refractivity contribution in [2.24, 2.45) is 0 Å². The number of benzene rings is 4. The summed E-state index contributed by atoms with van der Waals surface area (Å²) in [5, 5.41) is 16.7. The Morgan fingerprint density at radius 2 is 1.62 bits per heavy atom. The topological polar surface area (TPSA) is 128 Å². The molecule has 0 radical (unpaired) electrons. The van der Waals surface area contributed by atoms with Crippen LogP contribution in [0.2, 0.25) is 0 Å². The van der Waals surface area contributed by atoms with Crippen LogP contribution < -0.4 is 15.4 Å². The third-order valence-corrected chi connectivity index (χ3v) is 12.0. The van der Waals surface area contributed by atoms with Crippen molar-refractivity contribution in [3.8, 4) is 27.7 Å². The van der Waals surface area contributed by atoms with E-state index >= 15 is 0 Å². The standard InChI is InChI=1S/C41H37BrN4O6S/c42-27-6-2-26(3-7-27)38-37(32-13-9-29(47)23-35(32)53-38)52-30-10-4-24(5-11-30)25-16-20-45(21-17-25)19-1-18-43-28-8-12-31-33(22-28)41(51)46(40(31)50)34-14-15-36(48)44-39(34)49/h2-13,22-23,25,34,43,47H,1,14-21H2,(H,44,48,49). The van der Waals surface area contributed by atoms with Gasteiger partial charge in [0, 0.05) is 33.2 Å². The highest BCUT2D eigenvalue weighted by molar-refractivity contribution is 9.10. The lowest BCUT2D eigenvalue weighted by Gasteiger charge is -2.32. The van der Waals surface area contributed by atoms with Crippen LogP contribution in [0.5, 0.6) is 17.2 Å². The van der Waals surface area contributed by atoms with E-state index in [1.165, 1.54) is 5.56 Å². The maximum atomic E-state index is 13.1. The van der Waals surface area contributed by atoms with Crippen LogP contribution in [0.4, 0.5) is 5.69 Å². The van der Waals surface area contributed by atoms with Crippen molar-refractivity contribution in [1.29, 1.82) is 0 Å². The smallest absolute Gasteiger partial charge is 0.262 e. The van der Waals surface area contributed by atoms with Crippen molar-refractivity contribution in [3.63, 3.8) is 0 Å². The first-order valence-electron chi connectivity index (χ1n) is 17.8. The Balaban J connectivity index is 0.825. The normalized spacial score (nSPS) is 18.1. The minimum atomic E-state index is -0.971. The second kappa shape index (κ2) is 14.8. The van der Waals surface area contributed by atoms with Gasteiger partial charge in [-0.05, 0) is 123 Å². The number of likely N-dealkylation sites (tertiary alicyclic amines) is 1. The first-order chi connectivity index (χ1) is 25.7. The number of fused-ring (bicyclic) bond motifs is 2. The minimum absolute atomic E-state index is 0.0920. The van der Waals surface area contributed by atoms with E-state index in [0.29, 0.717) is 12.5 Å². The number of hydrogen-bond donors (Lipinski definition) is 3. The first kappa shape index (κ1) is 35.0. The summed E-state index contributed by atoms with van der Waals surface area (Å²) in [6.45, 7) is 3.69. The van der Waals surface area contributed by atoms with Crippen molar-refractivity contribution in [2.45, 2.75) is 44.1 Å². The maximum Gasteiger partial charge on any atom is 0.262 e. The van der Waals surface area contributed by atoms with E-state index in [9.17, 15) is 24.3 Å². The molecule has 12 heteroatoms. The fourth-order valence-electron chi connectivity index (χ4n) is 7.49. The maximum absolute atomic E-state index is 13.1. The van der Waals surface area contributed by atoms with Crippen LogP contribution in [0.3, 0.4) is 0 Å². The first-order valence-corrected chi connectivity index (χ1v) is 19.4. The highest BCUT2D eigenvalue weighted by Gasteiger charge is 2.44. The fraction of sp³-hybridized carbons (Fsp3) is 0.268. The van der Waals surface area contributed by atoms with Crippen molar-refractivity contribution >= 4 is 66.7 Å². The van der Waals surface area contributed by atoms with E-state index < -0.39 is 29.7 Å². The number of piperidine rings is 2. The molecule has 0 spiro atoms. The quantitative estimate of drug-likeness (QED) is 0.0962. The second-order valence-electron chi connectivity index (χ2n) is 13.7. The Morgan fingerprint density at radius 1 is 0.868 bits per heavy atom. The molecule has 4 aromatic carbocycles. The average molecular weight is 794 g/mol. The Bertz CT molecular complexity index is 2230. The summed E-state index contributed by atoms with van der Waals surface area (Å²) < 4.78 is 8.52. The van der Waals surface area contributed by atoms with E-state index in [-0.39, 0.29) is 29.7 Å². The lowest BCUT2D eigenvalue weighted by atomic mass is 9.89.